The highest BCUT2D eigenvalue weighted by molar-refractivity contribution is 7.89. The van der Waals surface area contributed by atoms with E-state index in [4.69, 9.17) is 9.47 Å². The Kier molecular flexibility index (Phi) is 7.53. The quantitative estimate of drug-likeness (QED) is 0.360. The number of hydroxylamine groups is 2. The van der Waals surface area contributed by atoms with E-state index in [1.54, 1.807) is 37.4 Å². The van der Waals surface area contributed by atoms with Crippen LogP contribution in [0.15, 0.2) is 48.5 Å². The maximum absolute atomic E-state index is 13.0. The van der Waals surface area contributed by atoms with Crippen LogP contribution in [0.3, 0.4) is 0 Å². The molecule has 1 fully saturated rings. The van der Waals surface area contributed by atoms with Gasteiger partial charge in [0.1, 0.15) is 6.10 Å². The molecular weight excluding hydrogens is 420 g/mol. The van der Waals surface area contributed by atoms with Crippen molar-refractivity contribution in [3.8, 4) is 11.5 Å². The van der Waals surface area contributed by atoms with Crippen molar-refractivity contribution >= 4 is 16.4 Å². The number of carbonyl (C=O) groups excluding carboxylic acids is 1. The second-order valence-electron chi connectivity index (χ2n) is 7.56. The normalized spacial score (nSPS) is 16.5. The van der Waals surface area contributed by atoms with Crippen molar-refractivity contribution in [2.24, 2.45) is 0 Å². The molecule has 2 aromatic rings. The molecule has 0 aromatic heterocycles. The molecule has 2 aromatic carbocycles. The molecule has 1 amide bonds. The lowest BCUT2D eigenvalue weighted by Gasteiger charge is -2.33. The predicted molar refractivity (Wildman–Crippen MR) is 116 cm³/mol. The second kappa shape index (κ2) is 10.1. The third-order valence-corrected chi connectivity index (χ3v) is 7.28. The minimum Gasteiger partial charge on any atom is -0.493 e. The van der Waals surface area contributed by atoms with E-state index in [2.05, 4.69) is 0 Å². The molecule has 8 nitrogen and oxygen atoms in total. The van der Waals surface area contributed by atoms with Gasteiger partial charge in [-0.15, -0.1) is 0 Å². The lowest BCUT2D eigenvalue weighted by atomic mass is 10.1. The van der Waals surface area contributed by atoms with Gasteiger partial charge < -0.3 is 9.47 Å². The monoisotopic (exact) mass is 448 g/mol. The number of rotatable bonds is 9. The largest absolute Gasteiger partial charge is 0.493 e. The summed E-state index contributed by atoms with van der Waals surface area (Å²) in [6.45, 7) is 2.57. The Labute approximate surface area is 183 Å². The molecule has 0 aliphatic carbocycles. The number of carbonyl (C=O) groups is 1. The SMILES string of the molecule is COc1cc(C)ccc1OC1CCN(S(=O)(=O)CC(c2ccccc2)N(O)C=O)CC1. The molecule has 9 heteroatoms. The average molecular weight is 449 g/mol. The lowest BCUT2D eigenvalue weighted by Crippen LogP contribution is -2.44. The number of methoxy groups -OCH3 is 1. The van der Waals surface area contributed by atoms with Crippen molar-refractivity contribution in [2.45, 2.75) is 31.9 Å². The van der Waals surface area contributed by atoms with Crippen molar-refractivity contribution in [3.05, 3.63) is 59.7 Å². The minimum absolute atomic E-state index is 0.128. The number of sulfonamides is 1. The van der Waals surface area contributed by atoms with E-state index in [0.29, 0.717) is 48.1 Å². The van der Waals surface area contributed by atoms with E-state index in [9.17, 15) is 18.4 Å². The Morgan fingerprint density at radius 3 is 2.45 bits per heavy atom. The van der Waals surface area contributed by atoms with Crippen LogP contribution in [-0.4, -0.2) is 61.5 Å². The second-order valence-corrected chi connectivity index (χ2v) is 9.57. The molecular formula is C22H28N2O6S. The maximum Gasteiger partial charge on any atom is 0.233 e. The summed E-state index contributed by atoms with van der Waals surface area (Å²) in [4.78, 5) is 11.1. The summed E-state index contributed by atoms with van der Waals surface area (Å²) in [5.74, 6) is 0.891. The number of hydrogen-bond donors (Lipinski definition) is 1. The molecule has 1 saturated heterocycles. The predicted octanol–water partition coefficient (Wildman–Crippen LogP) is 2.77. The molecule has 1 aliphatic rings. The van der Waals surface area contributed by atoms with Crippen molar-refractivity contribution in [1.29, 1.82) is 0 Å². The van der Waals surface area contributed by atoms with Crippen LogP contribution >= 0.6 is 0 Å². The molecule has 168 valence electrons. The number of benzene rings is 2. The topological polar surface area (TPSA) is 96.4 Å². The Bertz CT molecular complexity index is 975. The zero-order chi connectivity index (χ0) is 22.4. The molecule has 1 N–H and O–H groups in total. The molecule has 1 unspecified atom stereocenters. The van der Waals surface area contributed by atoms with E-state index in [-0.39, 0.29) is 12.5 Å². The van der Waals surface area contributed by atoms with Gasteiger partial charge >= 0.3 is 0 Å². The standard InChI is InChI=1S/C22H28N2O6S/c1-17-8-9-21(22(14-17)29-2)30-19-10-12-23(13-11-19)31(27,28)15-20(24(26)16-25)18-6-4-3-5-7-18/h3-9,14,16,19-20,26H,10-13,15H2,1-2H3. The van der Waals surface area contributed by atoms with Crippen LogP contribution < -0.4 is 9.47 Å². The number of piperidine rings is 1. The number of hydrogen-bond acceptors (Lipinski definition) is 6. The fourth-order valence-corrected chi connectivity index (χ4v) is 5.38. The van der Waals surface area contributed by atoms with Crippen LogP contribution in [0.2, 0.25) is 0 Å². The highest BCUT2D eigenvalue weighted by Gasteiger charge is 2.33. The summed E-state index contributed by atoms with van der Waals surface area (Å²) in [5.41, 5.74) is 1.61. The Balaban J connectivity index is 1.64. The first-order valence-electron chi connectivity index (χ1n) is 10.1. The fourth-order valence-electron chi connectivity index (χ4n) is 3.66. The van der Waals surface area contributed by atoms with Gasteiger partial charge in [0.25, 0.3) is 0 Å². The van der Waals surface area contributed by atoms with Crippen LogP contribution in [0.5, 0.6) is 11.5 Å². The maximum atomic E-state index is 13.0. The van der Waals surface area contributed by atoms with Gasteiger partial charge in [-0.3, -0.25) is 10.0 Å². The van der Waals surface area contributed by atoms with Gasteiger partial charge in [-0.1, -0.05) is 36.4 Å². The van der Waals surface area contributed by atoms with Gasteiger partial charge in [-0.2, -0.15) is 0 Å². The van der Waals surface area contributed by atoms with Gasteiger partial charge in [-0.25, -0.2) is 17.8 Å². The Hall–Kier alpha value is -2.62. The van der Waals surface area contributed by atoms with E-state index in [1.807, 2.05) is 25.1 Å². The molecule has 31 heavy (non-hydrogen) atoms. The number of ether oxygens (including phenoxy) is 2. The smallest absolute Gasteiger partial charge is 0.233 e. The molecule has 3 rings (SSSR count). The van der Waals surface area contributed by atoms with Crippen molar-refractivity contribution in [2.75, 3.05) is 26.0 Å². The Morgan fingerprint density at radius 1 is 1.16 bits per heavy atom. The summed E-state index contributed by atoms with van der Waals surface area (Å²) < 4.78 is 38.8. The van der Waals surface area contributed by atoms with Gasteiger partial charge in [0.2, 0.25) is 16.4 Å². The molecule has 1 atom stereocenters. The van der Waals surface area contributed by atoms with Crippen LogP contribution in [0, 0.1) is 6.92 Å². The Morgan fingerprint density at radius 2 is 1.84 bits per heavy atom. The van der Waals surface area contributed by atoms with Gasteiger partial charge in [0.15, 0.2) is 11.5 Å². The third-order valence-electron chi connectivity index (χ3n) is 5.39. The zero-order valence-electron chi connectivity index (χ0n) is 17.7. The molecule has 0 spiro atoms. The van der Waals surface area contributed by atoms with E-state index in [0.717, 1.165) is 5.56 Å². The first-order valence-corrected chi connectivity index (χ1v) is 11.7. The highest BCUT2D eigenvalue weighted by Crippen LogP contribution is 2.31. The van der Waals surface area contributed by atoms with Gasteiger partial charge in [-0.05, 0) is 43.0 Å². The first-order chi connectivity index (χ1) is 14.8. The number of amides is 1. The summed E-state index contributed by atoms with van der Waals surface area (Å²) in [5, 5.41) is 10.4. The van der Waals surface area contributed by atoms with Gasteiger partial charge in [0, 0.05) is 13.1 Å². The van der Waals surface area contributed by atoms with Crippen molar-refractivity contribution in [3.63, 3.8) is 0 Å². The zero-order valence-corrected chi connectivity index (χ0v) is 18.5. The van der Waals surface area contributed by atoms with E-state index < -0.39 is 21.8 Å². The highest BCUT2D eigenvalue weighted by atomic mass is 32.2. The fraction of sp³-hybridized carbons (Fsp3) is 0.409. The van der Waals surface area contributed by atoms with Crippen LogP contribution in [0.1, 0.15) is 30.0 Å². The molecule has 0 saturated carbocycles. The molecule has 0 bridgehead atoms. The third kappa shape index (κ3) is 5.75. The summed E-state index contributed by atoms with van der Waals surface area (Å²) in [7, 11) is -2.12. The van der Waals surface area contributed by atoms with Crippen LogP contribution in [-0.2, 0) is 14.8 Å². The first kappa shape index (κ1) is 23.1. The molecule has 0 radical (unpaired) electrons. The van der Waals surface area contributed by atoms with Crippen LogP contribution in [0.4, 0.5) is 0 Å². The minimum atomic E-state index is -3.71. The molecule has 1 heterocycles. The number of aryl methyl sites for hydroxylation is 1. The van der Waals surface area contributed by atoms with Crippen molar-refractivity contribution < 1.29 is 27.9 Å². The summed E-state index contributed by atoms with van der Waals surface area (Å²) >= 11 is 0. The van der Waals surface area contributed by atoms with E-state index >= 15 is 0 Å². The summed E-state index contributed by atoms with van der Waals surface area (Å²) in [6.07, 6.45) is 1.16. The number of nitrogens with zero attached hydrogens (tertiary/aromatic N) is 2. The van der Waals surface area contributed by atoms with Crippen LogP contribution in [0.25, 0.3) is 0 Å². The van der Waals surface area contributed by atoms with Gasteiger partial charge in [0.05, 0.1) is 18.9 Å². The average Bonchev–Trinajstić information content (AvgIpc) is 2.79. The van der Waals surface area contributed by atoms with E-state index in [1.165, 1.54) is 4.31 Å². The molecule has 1 aliphatic heterocycles. The lowest BCUT2D eigenvalue weighted by molar-refractivity contribution is -0.159. The van der Waals surface area contributed by atoms with Crippen molar-refractivity contribution in [1.82, 2.24) is 9.37 Å². The summed E-state index contributed by atoms with van der Waals surface area (Å²) in [6, 6.07) is 13.3.